The van der Waals surface area contributed by atoms with Gasteiger partial charge in [0.1, 0.15) is 0 Å². The average molecular weight is 555 g/mol. The molecule has 0 bridgehead atoms. The van der Waals surface area contributed by atoms with Crippen molar-refractivity contribution in [3.63, 3.8) is 0 Å². The van der Waals surface area contributed by atoms with Crippen molar-refractivity contribution in [2.45, 2.75) is 66.7 Å². The van der Waals surface area contributed by atoms with Crippen LogP contribution < -0.4 is 4.72 Å². The molecule has 21 heteroatoms. The van der Waals surface area contributed by atoms with Gasteiger partial charge in [-0.05, 0) is 6.42 Å². The summed E-state index contributed by atoms with van der Waals surface area (Å²) in [6.07, 6.45) is -16.5. The molecule has 0 aliphatic rings. The number of halogens is 17. The molecule has 0 aromatic rings. The number of rotatable bonds is 10. The van der Waals surface area contributed by atoms with Gasteiger partial charge < -0.3 is 0 Å². The van der Waals surface area contributed by atoms with E-state index >= 15 is 0 Å². The van der Waals surface area contributed by atoms with Gasteiger partial charge in [0.15, 0.2) is 0 Å². The molecule has 0 aromatic heterocycles. The van der Waals surface area contributed by atoms with Crippen molar-refractivity contribution in [3.8, 4) is 0 Å². The first-order valence-electron chi connectivity index (χ1n) is 7.76. The molecule has 33 heavy (non-hydrogen) atoms. The van der Waals surface area contributed by atoms with Crippen LogP contribution in [-0.2, 0) is 10.0 Å². The summed E-state index contributed by atoms with van der Waals surface area (Å²) in [4.78, 5) is 0. The zero-order valence-corrected chi connectivity index (χ0v) is 16.1. The summed E-state index contributed by atoms with van der Waals surface area (Å²) in [5.74, 6) is -43.2. The van der Waals surface area contributed by atoms with E-state index in [0.29, 0.717) is 4.72 Å². The van der Waals surface area contributed by atoms with Gasteiger partial charge in [0, 0.05) is 6.54 Å². The second-order valence-electron chi connectivity index (χ2n) is 6.21. The zero-order valence-electron chi connectivity index (χ0n) is 15.3. The van der Waals surface area contributed by atoms with E-state index < -0.39 is 70.0 Å². The van der Waals surface area contributed by atoms with E-state index in [0.717, 1.165) is 6.92 Å². The molecule has 0 heterocycles. The summed E-state index contributed by atoms with van der Waals surface area (Å²) in [6, 6.07) is 0. The van der Waals surface area contributed by atoms with E-state index in [1.807, 2.05) is 0 Å². The van der Waals surface area contributed by atoms with Crippen molar-refractivity contribution >= 4 is 10.0 Å². The van der Waals surface area contributed by atoms with Crippen molar-refractivity contribution in [1.82, 2.24) is 4.72 Å². The van der Waals surface area contributed by atoms with Crippen molar-refractivity contribution < 1.29 is 83.1 Å². The maximum atomic E-state index is 14.2. The van der Waals surface area contributed by atoms with E-state index in [4.69, 9.17) is 0 Å². The molecule has 0 radical (unpaired) electrons. The van der Waals surface area contributed by atoms with Crippen LogP contribution in [0.3, 0.4) is 0 Å². The molecular weight excluding hydrogens is 545 g/mol. The Labute approximate surface area is 172 Å². The topological polar surface area (TPSA) is 46.2 Å². The summed E-state index contributed by atoms with van der Waals surface area (Å²) in [5, 5.41) is -7.92. The lowest BCUT2D eigenvalue weighted by atomic mass is 9.91. The van der Waals surface area contributed by atoms with Gasteiger partial charge in [-0.15, -0.1) is 0 Å². The second-order valence-corrected chi connectivity index (χ2v) is 8.07. The molecule has 0 aliphatic heterocycles. The van der Waals surface area contributed by atoms with Gasteiger partial charge in [0.2, 0.25) is 0 Å². The summed E-state index contributed by atoms with van der Waals surface area (Å²) in [6.45, 7) is -0.270. The molecular formula is C12H10F17NO2S. The molecule has 200 valence electrons. The average Bonchev–Trinajstić information content (AvgIpc) is 2.58. The first kappa shape index (κ1) is 31.7. The Bertz CT molecular complexity index is 800. The van der Waals surface area contributed by atoms with Crippen LogP contribution in [0.4, 0.5) is 74.6 Å². The number of nitrogens with one attached hydrogen (secondary N) is 1. The van der Waals surface area contributed by atoms with Crippen molar-refractivity contribution in [3.05, 3.63) is 0 Å². The third-order valence-corrected chi connectivity index (χ3v) is 5.71. The fourth-order valence-electron chi connectivity index (χ4n) is 1.95. The van der Waals surface area contributed by atoms with Crippen LogP contribution in [0.1, 0.15) is 19.8 Å². The number of hydrogen-bond acceptors (Lipinski definition) is 2. The minimum absolute atomic E-state index is 0.183. The lowest BCUT2D eigenvalue weighted by Gasteiger charge is -2.43. The van der Waals surface area contributed by atoms with Gasteiger partial charge in [0.25, 0.3) is 10.0 Å². The van der Waals surface area contributed by atoms with Gasteiger partial charge in [0.05, 0.1) is 0 Å². The molecule has 0 aromatic carbocycles. The highest BCUT2D eigenvalue weighted by atomic mass is 32.2. The third kappa shape index (κ3) is 4.30. The Balaban J connectivity index is 7.12. The highest BCUT2D eigenvalue weighted by molar-refractivity contribution is 7.90. The second kappa shape index (κ2) is 8.43. The Kier molecular flexibility index (Phi) is 8.11. The first-order valence-corrected chi connectivity index (χ1v) is 9.25. The molecule has 0 spiro atoms. The number of alkyl halides is 17. The van der Waals surface area contributed by atoms with Crippen LogP contribution >= 0.6 is 0 Å². The van der Waals surface area contributed by atoms with Gasteiger partial charge in [-0.3, -0.25) is 0 Å². The molecule has 0 aliphatic carbocycles. The minimum Gasteiger partial charge on any atom is -0.212 e. The van der Waals surface area contributed by atoms with E-state index in [9.17, 15) is 83.1 Å². The van der Waals surface area contributed by atoms with E-state index in [1.165, 1.54) is 0 Å². The molecule has 3 nitrogen and oxygen atoms in total. The molecule has 0 amide bonds. The van der Waals surface area contributed by atoms with Gasteiger partial charge in [-0.2, -0.15) is 70.2 Å². The SMILES string of the molecule is CCCCNS(=O)(=O)C(F)(C(F)(F)F)C(F)(F)C(F)(F)C(F)(F)C(F)(F)C(F)(F)C(F)(F)F. The fourth-order valence-corrected chi connectivity index (χ4v) is 3.34. The smallest absolute Gasteiger partial charge is 0.212 e. The van der Waals surface area contributed by atoms with Crippen LogP contribution in [-0.4, -0.2) is 61.9 Å². The van der Waals surface area contributed by atoms with Crippen LogP contribution in [0, 0.1) is 0 Å². The summed E-state index contributed by atoms with van der Waals surface area (Å²) in [5.41, 5.74) is 0. The van der Waals surface area contributed by atoms with Crippen molar-refractivity contribution in [2.75, 3.05) is 6.54 Å². The predicted octanol–water partition coefficient (Wildman–Crippen LogP) is 5.67. The predicted molar refractivity (Wildman–Crippen MR) is 72.5 cm³/mol. The van der Waals surface area contributed by atoms with Crippen molar-refractivity contribution in [2.24, 2.45) is 0 Å². The van der Waals surface area contributed by atoms with E-state index in [1.54, 1.807) is 0 Å². The minimum atomic E-state index is -8.82. The number of unbranched alkanes of at least 4 members (excludes halogenated alkanes) is 1. The maximum absolute atomic E-state index is 14.2. The molecule has 1 unspecified atom stereocenters. The monoisotopic (exact) mass is 555 g/mol. The van der Waals surface area contributed by atoms with Crippen LogP contribution in [0.15, 0.2) is 0 Å². The lowest BCUT2D eigenvalue weighted by Crippen LogP contribution is -2.77. The fraction of sp³-hybridized carbons (Fsp3) is 1.00. The van der Waals surface area contributed by atoms with E-state index in [2.05, 4.69) is 0 Å². The zero-order chi connectivity index (χ0) is 27.3. The van der Waals surface area contributed by atoms with Crippen molar-refractivity contribution in [1.29, 1.82) is 0 Å². The Morgan fingerprint density at radius 2 is 0.879 bits per heavy atom. The lowest BCUT2D eigenvalue weighted by molar-refractivity contribution is -0.450. The maximum Gasteiger partial charge on any atom is 0.460 e. The van der Waals surface area contributed by atoms with Gasteiger partial charge >= 0.3 is 47.0 Å². The molecule has 0 saturated heterocycles. The van der Waals surface area contributed by atoms with E-state index in [-0.39, 0.29) is 6.42 Å². The molecule has 0 fully saturated rings. The number of sulfonamides is 1. The molecule has 0 saturated carbocycles. The third-order valence-electron chi connectivity index (χ3n) is 3.89. The Morgan fingerprint density at radius 1 is 0.545 bits per heavy atom. The molecule has 1 N–H and O–H groups in total. The summed E-state index contributed by atoms with van der Waals surface area (Å²) < 4.78 is 245. The first-order chi connectivity index (χ1) is 14.1. The van der Waals surface area contributed by atoms with Crippen LogP contribution in [0.25, 0.3) is 0 Å². The van der Waals surface area contributed by atoms with Crippen LogP contribution in [0.2, 0.25) is 0 Å². The Hall–Kier alpha value is -1.28. The molecule has 0 rings (SSSR count). The summed E-state index contributed by atoms with van der Waals surface area (Å²) >= 11 is 0. The molecule has 1 atom stereocenters. The summed E-state index contributed by atoms with van der Waals surface area (Å²) in [7, 11) is -7.62. The largest absolute Gasteiger partial charge is 0.460 e. The van der Waals surface area contributed by atoms with Crippen LogP contribution in [0.5, 0.6) is 0 Å². The quantitative estimate of drug-likeness (QED) is 0.279. The highest BCUT2D eigenvalue weighted by Crippen LogP contribution is 2.64. The highest BCUT2D eigenvalue weighted by Gasteiger charge is 2.97. The Morgan fingerprint density at radius 3 is 1.18 bits per heavy atom. The van der Waals surface area contributed by atoms with Gasteiger partial charge in [-0.1, -0.05) is 13.3 Å². The van der Waals surface area contributed by atoms with Gasteiger partial charge in [-0.25, -0.2) is 17.5 Å². The normalized spacial score (nSPS) is 17.8. The number of hydrogen-bond donors (Lipinski definition) is 1. The standard InChI is InChI=1S/C12H10F17NO2S/c1-2-3-4-30-33(31,32)10(23,12(27,28)29)8(19,20)6(15,16)5(13,14)7(17,18)9(21,22)11(24,25)26/h30H,2-4H2,1H3.